The fourth-order valence-corrected chi connectivity index (χ4v) is 3.31. The molecule has 1 amide bonds. The number of anilines is 1. The predicted molar refractivity (Wildman–Crippen MR) is 94.0 cm³/mol. The molecule has 0 bridgehead atoms. The summed E-state index contributed by atoms with van der Waals surface area (Å²) in [7, 11) is 0. The fraction of sp³-hybridized carbons (Fsp3) is 0.765. The van der Waals surface area contributed by atoms with Gasteiger partial charge >= 0.3 is 0 Å². The number of ether oxygens (including phenoxy) is 1. The maximum atomic E-state index is 12.5. The summed E-state index contributed by atoms with van der Waals surface area (Å²) < 4.78 is 10.5. The second-order valence-electron chi connectivity index (χ2n) is 7.59. The van der Waals surface area contributed by atoms with Crippen LogP contribution in [-0.4, -0.2) is 34.3 Å². The fourth-order valence-electron chi connectivity index (χ4n) is 2.26. The maximum absolute atomic E-state index is 12.5. The zero-order valence-corrected chi connectivity index (χ0v) is 15.6. The molecule has 1 aliphatic rings. The van der Waals surface area contributed by atoms with Gasteiger partial charge in [-0.25, -0.2) is 0 Å². The van der Waals surface area contributed by atoms with Crippen LogP contribution >= 0.6 is 11.8 Å². The Morgan fingerprint density at radius 3 is 2.65 bits per heavy atom. The lowest BCUT2D eigenvalue weighted by atomic mass is 9.93. The highest BCUT2D eigenvalue weighted by Crippen LogP contribution is 2.30. The van der Waals surface area contributed by atoms with Crippen molar-refractivity contribution in [2.45, 2.75) is 70.1 Å². The molecule has 23 heavy (non-hydrogen) atoms. The van der Waals surface area contributed by atoms with Crippen LogP contribution in [0.15, 0.2) is 10.6 Å². The first-order valence-electron chi connectivity index (χ1n) is 8.23. The Hall–Kier alpha value is -1.01. The molecule has 2 heterocycles. The van der Waals surface area contributed by atoms with E-state index in [2.05, 4.69) is 10.5 Å². The van der Waals surface area contributed by atoms with Crippen LogP contribution in [-0.2, 0) is 14.9 Å². The lowest BCUT2D eigenvalue weighted by Crippen LogP contribution is -2.36. The van der Waals surface area contributed by atoms with Crippen molar-refractivity contribution in [3.05, 3.63) is 11.8 Å². The van der Waals surface area contributed by atoms with Crippen LogP contribution < -0.4 is 5.32 Å². The Labute approximate surface area is 142 Å². The molecule has 1 N–H and O–H groups in total. The summed E-state index contributed by atoms with van der Waals surface area (Å²) in [5.41, 5.74) is -0.126. The molecule has 5 nitrogen and oxygen atoms in total. The van der Waals surface area contributed by atoms with Gasteiger partial charge in [0.25, 0.3) is 0 Å². The number of hydrogen-bond donors (Lipinski definition) is 1. The van der Waals surface area contributed by atoms with Crippen molar-refractivity contribution in [2.75, 3.05) is 17.7 Å². The zero-order valence-electron chi connectivity index (χ0n) is 14.8. The number of amides is 1. The summed E-state index contributed by atoms with van der Waals surface area (Å²) in [6.07, 6.45) is 3.71. The third-order valence-electron chi connectivity index (χ3n) is 3.94. The lowest BCUT2D eigenvalue weighted by Gasteiger charge is -2.27. The second-order valence-corrected chi connectivity index (χ2v) is 9.23. The molecule has 0 radical (unpaired) electrons. The minimum absolute atomic E-state index is 0.0629. The van der Waals surface area contributed by atoms with E-state index in [1.165, 1.54) is 6.42 Å². The van der Waals surface area contributed by atoms with Crippen molar-refractivity contribution >= 4 is 23.5 Å². The minimum Gasteiger partial charge on any atom is -0.377 e. The molecule has 1 aliphatic heterocycles. The highest BCUT2D eigenvalue weighted by atomic mass is 32.2. The van der Waals surface area contributed by atoms with Crippen molar-refractivity contribution in [1.29, 1.82) is 0 Å². The van der Waals surface area contributed by atoms with Gasteiger partial charge in [0.2, 0.25) is 5.91 Å². The first-order valence-corrected chi connectivity index (χ1v) is 9.21. The number of thioether (sulfide) groups is 1. The molecule has 130 valence electrons. The third kappa shape index (κ3) is 5.24. The van der Waals surface area contributed by atoms with Gasteiger partial charge < -0.3 is 14.6 Å². The van der Waals surface area contributed by atoms with E-state index in [1.54, 1.807) is 17.8 Å². The van der Waals surface area contributed by atoms with E-state index >= 15 is 0 Å². The van der Waals surface area contributed by atoms with E-state index in [4.69, 9.17) is 9.26 Å². The molecule has 0 aliphatic carbocycles. The van der Waals surface area contributed by atoms with E-state index in [0.29, 0.717) is 5.82 Å². The van der Waals surface area contributed by atoms with Crippen molar-refractivity contribution in [2.24, 2.45) is 0 Å². The van der Waals surface area contributed by atoms with Crippen molar-refractivity contribution in [3.63, 3.8) is 0 Å². The first kappa shape index (κ1) is 18.3. The van der Waals surface area contributed by atoms with Gasteiger partial charge in [-0.2, -0.15) is 0 Å². The monoisotopic (exact) mass is 340 g/mol. The average molecular weight is 340 g/mol. The molecule has 0 aromatic carbocycles. The van der Waals surface area contributed by atoms with Gasteiger partial charge in [0.1, 0.15) is 5.76 Å². The summed E-state index contributed by atoms with van der Waals surface area (Å²) in [6, 6.07) is 1.79. The number of aromatic nitrogens is 1. The van der Waals surface area contributed by atoms with Crippen LogP contribution in [0.1, 0.15) is 59.6 Å². The van der Waals surface area contributed by atoms with Gasteiger partial charge in [-0.1, -0.05) is 25.9 Å². The second kappa shape index (κ2) is 7.26. The third-order valence-corrected chi connectivity index (χ3v) is 5.39. The molecule has 1 aromatic heterocycles. The van der Waals surface area contributed by atoms with Gasteiger partial charge in [0.05, 0.1) is 10.9 Å². The molecule has 1 fully saturated rings. The summed E-state index contributed by atoms with van der Waals surface area (Å²) in [4.78, 5) is 12.5. The molecule has 1 unspecified atom stereocenters. The Morgan fingerprint density at radius 2 is 2.09 bits per heavy atom. The lowest BCUT2D eigenvalue weighted by molar-refractivity contribution is -0.117. The predicted octanol–water partition coefficient (Wildman–Crippen LogP) is 3.99. The number of nitrogens with one attached hydrogen (secondary N) is 1. The highest BCUT2D eigenvalue weighted by molar-refractivity contribution is 8.01. The number of nitrogens with zero attached hydrogens (tertiary/aromatic N) is 1. The van der Waals surface area contributed by atoms with E-state index in [1.807, 2.05) is 34.6 Å². The molecular weight excluding hydrogens is 312 g/mol. The summed E-state index contributed by atoms with van der Waals surface area (Å²) in [6.45, 7) is 10.8. The largest absolute Gasteiger partial charge is 0.377 e. The normalized spacial score (nSPS) is 19.6. The van der Waals surface area contributed by atoms with Gasteiger partial charge in [0, 0.05) is 23.8 Å². The number of hydrogen-bond acceptors (Lipinski definition) is 5. The van der Waals surface area contributed by atoms with Crippen LogP contribution in [0.25, 0.3) is 0 Å². The van der Waals surface area contributed by atoms with E-state index in [-0.39, 0.29) is 17.4 Å². The van der Waals surface area contributed by atoms with E-state index in [9.17, 15) is 4.79 Å². The standard InChI is InChI=1S/C17H28N2O3S/c1-16(2,3)13-10-14(19-22-13)18-15(20)17(4,5)23-11-12-8-6-7-9-21-12/h10,12H,6-9,11H2,1-5H3,(H,18,19,20). The summed E-state index contributed by atoms with van der Waals surface area (Å²) in [5.74, 6) is 2.01. The Balaban J connectivity index is 1.88. The molecule has 0 spiro atoms. The van der Waals surface area contributed by atoms with Crippen LogP contribution in [0.5, 0.6) is 0 Å². The SMILES string of the molecule is CC(C)(SCC1CCCCO1)C(=O)Nc1cc(C(C)(C)C)on1. The Bertz CT molecular complexity index is 528. The van der Waals surface area contributed by atoms with E-state index < -0.39 is 4.75 Å². The van der Waals surface area contributed by atoms with Gasteiger partial charge in [-0.3, -0.25) is 4.79 Å². The number of rotatable bonds is 5. The molecule has 1 saturated heterocycles. The van der Waals surface area contributed by atoms with Crippen molar-refractivity contribution < 1.29 is 14.1 Å². The summed E-state index contributed by atoms with van der Waals surface area (Å²) in [5, 5.41) is 6.80. The smallest absolute Gasteiger partial charge is 0.241 e. The van der Waals surface area contributed by atoms with Gasteiger partial charge in [-0.05, 0) is 33.1 Å². The first-order chi connectivity index (χ1) is 10.7. The molecule has 1 aromatic rings. The van der Waals surface area contributed by atoms with Gasteiger partial charge in [-0.15, -0.1) is 11.8 Å². The minimum atomic E-state index is -0.540. The Kier molecular flexibility index (Phi) is 5.79. The molecular formula is C17H28N2O3S. The average Bonchev–Trinajstić information content (AvgIpc) is 2.95. The molecule has 6 heteroatoms. The van der Waals surface area contributed by atoms with Crippen molar-refractivity contribution in [3.8, 4) is 0 Å². The van der Waals surface area contributed by atoms with E-state index in [0.717, 1.165) is 31.0 Å². The van der Waals surface area contributed by atoms with Crippen LogP contribution in [0, 0.1) is 0 Å². The van der Waals surface area contributed by atoms with Crippen LogP contribution in [0.4, 0.5) is 5.82 Å². The Morgan fingerprint density at radius 1 is 1.35 bits per heavy atom. The molecule has 2 rings (SSSR count). The number of carbonyl (C=O) groups excluding carboxylic acids is 1. The van der Waals surface area contributed by atoms with Crippen molar-refractivity contribution in [1.82, 2.24) is 5.16 Å². The molecule has 0 saturated carbocycles. The summed E-state index contributed by atoms with van der Waals surface area (Å²) >= 11 is 1.63. The quantitative estimate of drug-likeness (QED) is 0.878. The maximum Gasteiger partial charge on any atom is 0.241 e. The molecule has 1 atom stereocenters. The van der Waals surface area contributed by atoms with Crippen LogP contribution in [0.3, 0.4) is 0 Å². The zero-order chi connectivity index (χ0) is 17.1. The van der Waals surface area contributed by atoms with Crippen LogP contribution in [0.2, 0.25) is 0 Å². The number of carbonyl (C=O) groups is 1. The highest BCUT2D eigenvalue weighted by Gasteiger charge is 2.31. The topological polar surface area (TPSA) is 64.4 Å². The van der Waals surface area contributed by atoms with Gasteiger partial charge in [0.15, 0.2) is 5.82 Å².